The van der Waals surface area contributed by atoms with Crippen molar-refractivity contribution in [1.29, 1.82) is 0 Å². The van der Waals surface area contributed by atoms with Crippen LogP contribution in [0.5, 0.6) is 0 Å². The van der Waals surface area contributed by atoms with E-state index < -0.39 is 11.9 Å². The molecule has 1 rings (SSSR count). The van der Waals surface area contributed by atoms with E-state index in [9.17, 15) is 9.59 Å². The van der Waals surface area contributed by atoms with E-state index in [1.807, 2.05) is 6.92 Å². The molecule has 1 aromatic rings. The predicted octanol–water partition coefficient (Wildman–Crippen LogP) is 0.946. The van der Waals surface area contributed by atoms with Crippen molar-refractivity contribution >= 4 is 17.6 Å². The van der Waals surface area contributed by atoms with Crippen LogP contribution in [0, 0.1) is 0 Å². The van der Waals surface area contributed by atoms with Gasteiger partial charge < -0.3 is 16.6 Å². The van der Waals surface area contributed by atoms with Crippen LogP contribution in [0.25, 0.3) is 0 Å². The number of hydrogen-bond acceptors (Lipinski definition) is 3. The van der Waals surface area contributed by atoms with Gasteiger partial charge in [0.1, 0.15) is 0 Å². The molecule has 16 heavy (non-hydrogen) atoms. The van der Waals surface area contributed by atoms with Gasteiger partial charge in [0.25, 0.3) is 0 Å². The van der Waals surface area contributed by atoms with Gasteiger partial charge in [-0.05, 0) is 23.6 Å². The number of carboxylic acid groups (broad SMARTS) is 1. The first-order chi connectivity index (χ1) is 7.41. The molecule has 0 heterocycles. The number of anilines is 1. The van der Waals surface area contributed by atoms with Crippen LogP contribution in [0.4, 0.5) is 5.69 Å². The van der Waals surface area contributed by atoms with Gasteiger partial charge in [-0.2, -0.15) is 0 Å². The lowest BCUT2D eigenvalue weighted by atomic mass is 9.95. The van der Waals surface area contributed by atoms with Crippen LogP contribution < -0.4 is 11.5 Å². The summed E-state index contributed by atoms with van der Waals surface area (Å²) in [5.41, 5.74) is 12.0. The Morgan fingerprint density at radius 2 is 2.06 bits per heavy atom. The number of nitrogens with two attached hydrogens (primary N) is 2. The number of carbonyl (C=O) groups excluding carboxylic acids is 1. The van der Waals surface area contributed by atoms with Crippen molar-refractivity contribution in [1.82, 2.24) is 0 Å². The maximum absolute atomic E-state index is 10.8. The number of benzene rings is 1. The monoisotopic (exact) mass is 222 g/mol. The highest BCUT2D eigenvalue weighted by molar-refractivity contribution is 5.89. The molecule has 5 heteroatoms. The standard InChI is InChI=1S/C11H14N2O3/c1-6(4-10(13)14)8-3-2-7(11(15)16)5-9(8)12/h2-3,5-6H,4,12H2,1H3,(H2,13,14)(H,15,16). The van der Waals surface area contributed by atoms with Gasteiger partial charge in [-0.15, -0.1) is 0 Å². The average molecular weight is 222 g/mol. The Hall–Kier alpha value is -2.04. The third-order valence-corrected chi connectivity index (χ3v) is 2.37. The molecule has 0 aliphatic carbocycles. The molecule has 0 fully saturated rings. The first kappa shape index (κ1) is 12.0. The molecule has 5 nitrogen and oxygen atoms in total. The van der Waals surface area contributed by atoms with Crippen LogP contribution in [-0.4, -0.2) is 17.0 Å². The van der Waals surface area contributed by atoms with Crippen LogP contribution in [0.2, 0.25) is 0 Å². The van der Waals surface area contributed by atoms with E-state index in [1.54, 1.807) is 6.07 Å². The molecular formula is C11H14N2O3. The summed E-state index contributed by atoms with van der Waals surface area (Å²) in [7, 11) is 0. The molecule has 1 aromatic carbocycles. The summed E-state index contributed by atoms with van der Waals surface area (Å²) in [6.45, 7) is 1.82. The fourth-order valence-electron chi connectivity index (χ4n) is 1.57. The smallest absolute Gasteiger partial charge is 0.335 e. The highest BCUT2D eigenvalue weighted by Crippen LogP contribution is 2.25. The van der Waals surface area contributed by atoms with Crippen LogP contribution in [-0.2, 0) is 4.79 Å². The fraction of sp³-hybridized carbons (Fsp3) is 0.273. The molecule has 0 aliphatic rings. The first-order valence-corrected chi connectivity index (χ1v) is 4.83. The Balaban J connectivity index is 2.98. The van der Waals surface area contributed by atoms with E-state index >= 15 is 0 Å². The minimum Gasteiger partial charge on any atom is -0.478 e. The van der Waals surface area contributed by atoms with Gasteiger partial charge in [0.15, 0.2) is 0 Å². The van der Waals surface area contributed by atoms with Gasteiger partial charge in [0.2, 0.25) is 5.91 Å². The summed E-state index contributed by atoms with van der Waals surface area (Å²) in [5, 5.41) is 8.75. The van der Waals surface area contributed by atoms with Crippen LogP contribution in [0.15, 0.2) is 18.2 Å². The Morgan fingerprint density at radius 3 is 2.50 bits per heavy atom. The van der Waals surface area contributed by atoms with Gasteiger partial charge in [-0.3, -0.25) is 4.79 Å². The second kappa shape index (κ2) is 4.65. The summed E-state index contributed by atoms with van der Waals surface area (Å²) >= 11 is 0. The SMILES string of the molecule is CC(CC(N)=O)c1ccc(C(=O)O)cc1N. The molecular weight excluding hydrogens is 208 g/mol. The van der Waals surface area contributed by atoms with E-state index in [0.717, 1.165) is 5.56 Å². The molecule has 0 spiro atoms. The normalized spacial score (nSPS) is 12.1. The minimum atomic E-state index is -1.03. The van der Waals surface area contributed by atoms with E-state index in [4.69, 9.17) is 16.6 Å². The molecule has 0 radical (unpaired) electrons. The van der Waals surface area contributed by atoms with E-state index in [1.165, 1.54) is 12.1 Å². The third kappa shape index (κ3) is 2.73. The van der Waals surface area contributed by atoms with E-state index in [2.05, 4.69) is 0 Å². The van der Waals surface area contributed by atoms with Crippen molar-refractivity contribution in [2.75, 3.05) is 5.73 Å². The van der Waals surface area contributed by atoms with Crippen molar-refractivity contribution in [2.45, 2.75) is 19.3 Å². The molecule has 0 saturated carbocycles. The third-order valence-electron chi connectivity index (χ3n) is 2.37. The number of carboxylic acids is 1. The summed E-state index contributed by atoms with van der Waals surface area (Å²) in [4.78, 5) is 21.4. The number of hydrogen-bond donors (Lipinski definition) is 3. The minimum absolute atomic E-state index is 0.111. The maximum Gasteiger partial charge on any atom is 0.335 e. The Kier molecular flexibility index (Phi) is 3.50. The molecule has 0 saturated heterocycles. The lowest BCUT2D eigenvalue weighted by molar-refractivity contribution is -0.118. The van der Waals surface area contributed by atoms with Crippen LogP contribution in [0.1, 0.15) is 35.2 Å². The van der Waals surface area contributed by atoms with Crippen molar-refractivity contribution < 1.29 is 14.7 Å². The number of amides is 1. The van der Waals surface area contributed by atoms with Gasteiger partial charge in [0, 0.05) is 12.1 Å². The Labute approximate surface area is 93.1 Å². The molecule has 0 aliphatic heterocycles. The van der Waals surface area contributed by atoms with Crippen molar-refractivity contribution in [3.05, 3.63) is 29.3 Å². The zero-order valence-electron chi connectivity index (χ0n) is 8.93. The Morgan fingerprint density at radius 1 is 1.44 bits per heavy atom. The van der Waals surface area contributed by atoms with E-state index in [0.29, 0.717) is 5.69 Å². The summed E-state index contributed by atoms with van der Waals surface area (Å²) in [6.07, 6.45) is 0.191. The number of aromatic carboxylic acids is 1. The molecule has 1 amide bonds. The lowest BCUT2D eigenvalue weighted by Crippen LogP contribution is -2.14. The molecule has 1 unspecified atom stereocenters. The molecule has 86 valence electrons. The second-order valence-electron chi connectivity index (χ2n) is 3.72. The van der Waals surface area contributed by atoms with Gasteiger partial charge >= 0.3 is 5.97 Å². The zero-order valence-corrected chi connectivity index (χ0v) is 8.93. The molecule has 0 aromatic heterocycles. The number of carbonyl (C=O) groups is 2. The number of primary amides is 1. The van der Waals surface area contributed by atoms with Crippen molar-refractivity contribution in [3.63, 3.8) is 0 Å². The number of rotatable bonds is 4. The molecule has 0 bridgehead atoms. The number of nitrogen functional groups attached to an aromatic ring is 1. The second-order valence-corrected chi connectivity index (χ2v) is 3.72. The van der Waals surface area contributed by atoms with Crippen molar-refractivity contribution in [3.8, 4) is 0 Å². The molecule has 5 N–H and O–H groups in total. The van der Waals surface area contributed by atoms with Crippen molar-refractivity contribution in [2.24, 2.45) is 5.73 Å². The predicted molar refractivity (Wildman–Crippen MR) is 60.0 cm³/mol. The quantitative estimate of drug-likeness (QED) is 0.659. The highest BCUT2D eigenvalue weighted by Gasteiger charge is 2.13. The van der Waals surface area contributed by atoms with Crippen LogP contribution in [0.3, 0.4) is 0 Å². The fourth-order valence-corrected chi connectivity index (χ4v) is 1.57. The van der Waals surface area contributed by atoms with Gasteiger partial charge in [0.05, 0.1) is 5.56 Å². The topological polar surface area (TPSA) is 106 Å². The van der Waals surface area contributed by atoms with Crippen LogP contribution >= 0.6 is 0 Å². The maximum atomic E-state index is 10.8. The molecule has 1 atom stereocenters. The van der Waals surface area contributed by atoms with Gasteiger partial charge in [-0.25, -0.2) is 4.79 Å². The average Bonchev–Trinajstić information content (AvgIpc) is 2.15. The summed E-state index contributed by atoms with van der Waals surface area (Å²) in [6, 6.07) is 4.47. The van der Waals surface area contributed by atoms with E-state index in [-0.39, 0.29) is 17.9 Å². The largest absolute Gasteiger partial charge is 0.478 e. The highest BCUT2D eigenvalue weighted by atomic mass is 16.4. The summed E-state index contributed by atoms with van der Waals surface area (Å²) < 4.78 is 0. The zero-order chi connectivity index (χ0) is 12.3. The Bertz CT molecular complexity index is 429. The first-order valence-electron chi connectivity index (χ1n) is 4.83. The summed E-state index contributed by atoms with van der Waals surface area (Å²) in [5.74, 6) is -1.55. The van der Waals surface area contributed by atoms with Gasteiger partial charge in [-0.1, -0.05) is 13.0 Å². The lowest BCUT2D eigenvalue weighted by Gasteiger charge is -2.12.